The van der Waals surface area contributed by atoms with Crippen molar-refractivity contribution in [2.75, 3.05) is 12.4 Å². The van der Waals surface area contributed by atoms with Crippen molar-refractivity contribution >= 4 is 34.8 Å². The zero-order valence-electron chi connectivity index (χ0n) is 14.4. The van der Waals surface area contributed by atoms with Gasteiger partial charge in [-0.05, 0) is 24.3 Å². The molecule has 3 rings (SSSR count). The number of halogens is 3. The summed E-state index contributed by atoms with van der Waals surface area (Å²) in [6.07, 6.45) is 1.39. The predicted molar refractivity (Wildman–Crippen MR) is 105 cm³/mol. The first-order chi connectivity index (χ1) is 13.4. The summed E-state index contributed by atoms with van der Waals surface area (Å²) in [7, 11) is 1.41. The Balaban J connectivity index is 1.96. The van der Waals surface area contributed by atoms with Crippen LogP contribution in [0.5, 0.6) is 17.2 Å². The third kappa shape index (κ3) is 4.44. The number of aromatic nitrogens is 1. The molecule has 0 aliphatic heterocycles. The second-order valence-corrected chi connectivity index (χ2v) is 6.37. The molecular formula is C19H13Cl2FN2O4. The van der Waals surface area contributed by atoms with E-state index in [4.69, 9.17) is 32.7 Å². The minimum atomic E-state index is -0.689. The van der Waals surface area contributed by atoms with Crippen molar-refractivity contribution in [3.05, 3.63) is 80.4 Å². The molecule has 6 nitrogen and oxygen atoms in total. The Hall–Kier alpha value is -3.03. The average molecular weight is 423 g/mol. The Kier molecular flexibility index (Phi) is 5.87. The maximum absolute atomic E-state index is 14.2. The fraction of sp³-hybridized carbons (Fsp3) is 0.0526. The molecule has 0 fully saturated rings. The zero-order valence-corrected chi connectivity index (χ0v) is 15.9. The van der Waals surface area contributed by atoms with Crippen LogP contribution in [0.4, 0.5) is 10.1 Å². The van der Waals surface area contributed by atoms with Crippen LogP contribution in [0.15, 0.2) is 53.5 Å². The zero-order chi connectivity index (χ0) is 20.3. The van der Waals surface area contributed by atoms with Gasteiger partial charge in [-0.3, -0.25) is 9.59 Å². The fourth-order valence-corrected chi connectivity index (χ4v) is 2.64. The number of hydrogen-bond acceptors (Lipinski definition) is 4. The van der Waals surface area contributed by atoms with Gasteiger partial charge in [0.1, 0.15) is 11.5 Å². The molecule has 3 aromatic rings. The first kappa shape index (κ1) is 19.7. The van der Waals surface area contributed by atoms with E-state index in [-0.39, 0.29) is 38.4 Å². The molecule has 1 aromatic heterocycles. The normalized spacial score (nSPS) is 10.4. The number of hydrogen-bond donors (Lipinski definition) is 2. The first-order valence-electron chi connectivity index (χ1n) is 7.88. The highest BCUT2D eigenvalue weighted by molar-refractivity contribution is 6.42. The van der Waals surface area contributed by atoms with Gasteiger partial charge in [-0.2, -0.15) is 0 Å². The molecule has 0 unspecified atom stereocenters. The van der Waals surface area contributed by atoms with Gasteiger partial charge in [0.05, 0.1) is 22.7 Å². The van der Waals surface area contributed by atoms with Crippen molar-refractivity contribution in [2.24, 2.45) is 0 Å². The lowest BCUT2D eigenvalue weighted by Gasteiger charge is -2.14. The van der Waals surface area contributed by atoms with Crippen LogP contribution in [-0.2, 0) is 0 Å². The molecule has 28 heavy (non-hydrogen) atoms. The van der Waals surface area contributed by atoms with Gasteiger partial charge in [-0.1, -0.05) is 23.2 Å². The number of anilines is 1. The molecule has 0 atom stereocenters. The molecule has 1 amide bonds. The summed E-state index contributed by atoms with van der Waals surface area (Å²) >= 11 is 12.0. The van der Waals surface area contributed by atoms with E-state index >= 15 is 0 Å². The summed E-state index contributed by atoms with van der Waals surface area (Å²) in [6.45, 7) is 0. The molecule has 0 spiro atoms. The third-order valence-electron chi connectivity index (χ3n) is 3.66. The highest BCUT2D eigenvalue weighted by atomic mass is 35.5. The number of benzene rings is 2. The highest BCUT2D eigenvalue weighted by Crippen LogP contribution is 2.35. The van der Waals surface area contributed by atoms with Crippen molar-refractivity contribution in [1.29, 1.82) is 0 Å². The number of amides is 1. The van der Waals surface area contributed by atoms with Gasteiger partial charge in [-0.15, -0.1) is 0 Å². The molecule has 2 N–H and O–H groups in total. The van der Waals surface area contributed by atoms with Crippen molar-refractivity contribution < 1.29 is 18.7 Å². The Morgan fingerprint density at radius 1 is 1.07 bits per heavy atom. The minimum absolute atomic E-state index is 0.00454. The van der Waals surface area contributed by atoms with Crippen LogP contribution < -0.4 is 20.3 Å². The van der Waals surface area contributed by atoms with Crippen LogP contribution in [0, 0.1) is 5.82 Å². The Labute approximate surface area is 168 Å². The molecular weight excluding hydrogens is 410 g/mol. The number of carbonyl (C=O) groups is 1. The van der Waals surface area contributed by atoms with Gasteiger partial charge in [0.25, 0.3) is 5.91 Å². The third-order valence-corrected chi connectivity index (χ3v) is 4.38. The molecule has 0 saturated heterocycles. The Morgan fingerprint density at radius 3 is 2.50 bits per heavy atom. The van der Waals surface area contributed by atoms with Gasteiger partial charge in [0.15, 0.2) is 11.6 Å². The average Bonchev–Trinajstić information content (AvgIpc) is 2.66. The number of nitrogens with one attached hydrogen (secondary N) is 2. The maximum Gasteiger partial charge on any atom is 0.259 e. The second-order valence-electron chi connectivity index (χ2n) is 5.56. The largest absolute Gasteiger partial charge is 0.497 e. The maximum atomic E-state index is 14.2. The summed E-state index contributed by atoms with van der Waals surface area (Å²) in [5.74, 6) is -1.14. The van der Waals surface area contributed by atoms with Gasteiger partial charge in [0.2, 0.25) is 5.56 Å². The van der Waals surface area contributed by atoms with Crippen molar-refractivity contribution in [1.82, 2.24) is 4.98 Å². The Bertz CT molecular complexity index is 1100. The Morgan fingerprint density at radius 2 is 1.82 bits per heavy atom. The lowest BCUT2D eigenvalue weighted by Crippen LogP contribution is -2.15. The van der Waals surface area contributed by atoms with E-state index in [1.165, 1.54) is 49.7 Å². The van der Waals surface area contributed by atoms with Crippen LogP contribution in [0.1, 0.15) is 10.4 Å². The quantitative estimate of drug-likeness (QED) is 0.614. The number of pyridine rings is 1. The molecule has 9 heteroatoms. The molecule has 1 heterocycles. The van der Waals surface area contributed by atoms with Crippen molar-refractivity contribution in [3.63, 3.8) is 0 Å². The smallest absolute Gasteiger partial charge is 0.259 e. The lowest BCUT2D eigenvalue weighted by molar-refractivity contribution is 0.102. The standard InChI is InChI=1S/C19H13Cl2FN2O4/c1-27-11-2-3-16(15(22)7-11)28-17-9-14(21)13(20)8-12(17)19(26)24-10-4-5-23-18(25)6-10/h2-9H,1H3,(H2,23,24,25,26). The topological polar surface area (TPSA) is 80.4 Å². The predicted octanol–water partition coefficient (Wildman–Crippen LogP) is 4.87. The second kappa shape index (κ2) is 8.33. The van der Waals surface area contributed by atoms with Crippen LogP contribution in [-0.4, -0.2) is 18.0 Å². The SMILES string of the molecule is COc1ccc(Oc2cc(Cl)c(Cl)cc2C(=O)Nc2cc[nH]c(=O)c2)c(F)c1. The van der Waals surface area contributed by atoms with E-state index < -0.39 is 11.7 Å². The van der Waals surface area contributed by atoms with E-state index in [0.717, 1.165) is 6.07 Å². The van der Waals surface area contributed by atoms with Crippen molar-refractivity contribution in [3.8, 4) is 17.2 Å². The van der Waals surface area contributed by atoms with Crippen LogP contribution in [0.25, 0.3) is 0 Å². The summed E-state index contributed by atoms with van der Waals surface area (Å²) in [4.78, 5) is 26.5. The summed E-state index contributed by atoms with van der Waals surface area (Å²) < 4.78 is 24.7. The number of rotatable bonds is 5. The molecule has 0 bridgehead atoms. The molecule has 0 saturated carbocycles. The lowest BCUT2D eigenvalue weighted by atomic mass is 10.1. The number of methoxy groups -OCH3 is 1. The molecule has 2 aromatic carbocycles. The fourth-order valence-electron chi connectivity index (χ4n) is 2.32. The van der Waals surface area contributed by atoms with Gasteiger partial charge < -0.3 is 19.8 Å². The number of carbonyl (C=O) groups excluding carboxylic acids is 1. The van der Waals surface area contributed by atoms with Crippen LogP contribution in [0.3, 0.4) is 0 Å². The monoisotopic (exact) mass is 422 g/mol. The van der Waals surface area contributed by atoms with Crippen LogP contribution >= 0.6 is 23.2 Å². The minimum Gasteiger partial charge on any atom is -0.497 e. The number of aromatic amines is 1. The van der Waals surface area contributed by atoms with E-state index in [2.05, 4.69) is 10.3 Å². The van der Waals surface area contributed by atoms with E-state index in [1.54, 1.807) is 0 Å². The summed E-state index contributed by atoms with van der Waals surface area (Å²) in [6, 6.07) is 9.31. The van der Waals surface area contributed by atoms with Crippen molar-refractivity contribution in [2.45, 2.75) is 0 Å². The number of ether oxygens (including phenoxy) is 2. The van der Waals surface area contributed by atoms with E-state index in [0.29, 0.717) is 5.75 Å². The molecule has 0 aliphatic rings. The molecule has 0 aliphatic carbocycles. The summed E-state index contributed by atoms with van der Waals surface area (Å²) in [5, 5.41) is 2.79. The molecule has 0 radical (unpaired) electrons. The number of H-pyrrole nitrogens is 1. The van der Waals surface area contributed by atoms with Gasteiger partial charge >= 0.3 is 0 Å². The first-order valence-corrected chi connectivity index (χ1v) is 8.63. The van der Waals surface area contributed by atoms with E-state index in [1.807, 2.05) is 0 Å². The van der Waals surface area contributed by atoms with Crippen LogP contribution in [0.2, 0.25) is 10.0 Å². The van der Waals surface area contributed by atoms with Gasteiger partial charge in [0, 0.05) is 30.1 Å². The van der Waals surface area contributed by atoms with Gasteiger partial charge in [-0.25, -0.2) is 4.39 Å². The highest BCUT2D eigenvalue weighted by Gasteiger charge is 2.18. The summed E-state index contributed by atoms with van der Waals surface area (Å²) in [5.41, 5.74) is -0.116. The molecule has 144 valence electrons. The van der Waals surface area contributed by atoms with E-state index in [9.17, 15) is 14.0 Å².